The molecule has 4 aliphatic rings. The number of ketones is 1. The Hall–Kier alpha value is -4.48. The molecule has 3 fully saturated rings. The minimum Gasteiger partial charge on any atom is -0.385 e. The number of carbonyl (C=O) groups is 5. The van der Waals surface area contributed by atoms with Crippen molar-refractivity contribution in [3.8, 4) is 0 Å². The molecular weight excluding hydrogens is 552 g/mol. The zero-order chi connectivity index (χ0) is 30.6. The lowest BCUT2D eigenvalue weighted by Crippen LogP contribution is -2.53. The minimum absolute atomic E-state index is 0.0720. The summed E-state index contributed by atoms with van der Waals surface area (Å²) in [6, 6.07) is 6.97. The summed E-state index contributed by atoms with van der Waals surface area (Å²) in [4.78, 5) is 76.8. The van der Waals surface area contributed by atoms with Crippen molar-refractivity contribution in [1.82, 2.24) is 20.5 Å². The Morgan fingerprint density at radius 2 is 1.95 bits per heavy atom. The summed E-state index contributed by atoms with van der Waals surface area (Å²) >= 11 is 0. The van der Waals surface area contributed by atoms with Crippen molar-refractivity contribution in [2.75, 3.05) is 23.7 Å². The highest BCUT2D eigenvalue weighted by atomic mass is 16.2. The second-order valence-corrected chi connectivity index (χ2v) is 11.7. The molecule has 0 radical (unpaired) electrons. The van der Waals surface area contributed by atoms with E-state index in [-0.39, 0.29) is 43.1 Å². The number of amides is 4. The first-order valence-electron chi connectivity index (χ1n) is 15.0. The van der Waals surface area contributed by atoms with Crippen molar-refractivity contribution in [2.24, 2.45) is 5.92 Å². The maximum atomic E-state index is 13.4. The van der Waals surface area contributed by atoms with Crippen LogP contribution in [-0.2, 0) is 32.1 Å². The number of pyridine rings is 1. The van der Waals surface area contributed by atoms with Gasteiger partial charge in [0, 0.05) is 42.5 Å². The van der Waals surface area contributed by atoms with Crippen LogP contribution in [-0.4, -0.2) is 58.6 Å². The Kier molecular flexibility index (Phi) is 8.93. The van der Waals surface area contributed by atoms with Gasteiger partial charge in [-0.2, -0.15) is 0 Å². The molecule has 0 spiro atoms. The van der Waals surface area contributed by atoms with Crippen molar-refractivity contribution >= 4 is 40.8 Å². The van der Waals surface area contributed by atoms with Crippen molar-refractivity contribution in [3.63, 3.8) is 0 Å². The summed E-state index contributed by atoms with van der Waals surface area (Å²) < 4.78 is 1.22. The SMILES string of the molecule is CCNC(=O)C(=O)CCC(NC(=O)c1ccc2c(c1)CCCN2)C(=O)Nc1cccn(CC(=O)NC23CCC(C2)C3)c1=O. The first-order chi connectivity index (χ1) is 20.7. The number of nitrogens with one attached hydrogen (secondary N) is 5. The molecule has 1 aliphatic heterocycles. The number of rotatable bonds is 12. The minimum atomic E-state index is -1.22. The number of carbonyl (C=O) groups excluding carboxylic acids is 5. The topological polar surface area (TPSA) is 168 Å². The van der Waals surface area contributed by atoms with Crippen LogP contribution in [0.25, 0.3) is 0 Å². The second-order valence-electron chi connectivity index (χ2n) is 11.7. The second kappa shape index (κ2) is 12.8. The van der Waals surface area contributed by atoms with Gasteiger partial charge in [0.25, 0.3) is 17.4 Å². The highest BCUT2D eigenvalue weighted by Crippen LogP contribution is 2.51. The van der Waals surface area contributed by atoms with Gasteiger partial charge in [0.2, 0.25) is 17.6 Å². The summed E-state index contributed by atoms with van der Waals surface area (Å²) in [6.45, 7) is 2.62. The van der Waals surface area contributed by atoms with Gasteiger partial charge in [-0.1, -0.05) is 0 Å². The van der Waals surface area contributed by atoms with Crippen LogP contribution in [0.5, 0.6) is 0 Å². The molecule has 2 bridgehead atoms. The number of hydrogen-bond acceptors (Lipinski definition) is 7. The van der Waals surface area contributed by atoms with Gasteiger partial charge in [0.05, 0.1) is 0 Å². The number of benzene rings is 1. The fourth-order valence-electron chi connectivity index (χ4n) is 6.34. The van der Waals surface area contributed by atoms with E-state index in [1.807, 2.05) is 6.07 Å². The van der Waals surface area contributed by atoms with E-state index in [0.29, 0.717) is 11.5 Å². The maximum Gasteiger partial charge on any atom is 0.287 e. The summed E-state index contributed by atoms with van der Waals surface area (Å²) in [6.07, 6.45) is 6.78. The van der Waals surface area contributed by atoms with Crippen LogP contribution in [0.1, 0.15) is 67.8 Å². The molecule has 1 unspecified atom stereocenters. The van der Waals surface area contributed by atoms with Gasteiger partial charge >= 0.3 is 0 Å². The lowest BCUT2D eigenvalue weighted by Gasteiger charge is -2.39. The van der Waals surface area contributed by atoms with E-state index < -0.39 is 35.1 Å². The highest BCUT2D eigenvalue weighted by Gasteiger charge is 2.50. The number of aryl methyl sites for hydroxylation is 1. The van der Waals surface area contributed by atoms with Gasteiger partial charge in [-0.3, -0.25) is 28.8 Å². The molecule has 3 aliphatic carbocycles. The van der Waals surface area contributed by atoms with Crippen molar-refractivity contribution in [3.05, 3.63) is 58.0 Å². The molecule has 3 saturated carbocycles. The van der Waals surface area contributed by atoms with Gasteiger partial charge in [-0.25, -0.2) is 0 Å². The fourth-order valence-corrected chi connectivity index (χ4v) is 6.34. The van der Waals surface area contributed by atoms with Crippen LogP contribution in [0.15, 0.2) is 41.3 Å². The van der Waals surface area contributed by atoms with E-state index >= 15 is 0 Å². The molecule has 0 saturated heterocycles. The Bertz CT molecular complexity index is 1490. The number of hydrogen-bond donors (Lipinski definition) is 5. The van der Waals surface area contributed by atoms with Crippen LogP contribution in [0.2, 0.25) is 0 Å². The Morgan fingerprint density at radius 1 is 1.14 bits per heavy atom. The van der Waals surface area contributed by atoms with Crippen LogP contribution in [0.3, 0.4) is 0 Å². The van der Waals surface area contributed by atoms with Gasteiger partial charge in [-0.05, 0) is 93.7 Å². The van der Waals surface area contributed by atoms with Gasteiger partial charge in [0.1, 0.15) is 18.3 Å². The average molecular weight is 591 g/mol. The predicted molar refractivity (Wildman–Crippen MR) is 160 cm³/mol. The molecule has 12 heteroatoms. The third-order valence-corrected chi connectivity index (χ3v) is 8.56. The molecule has 2 aromatic rings. The van der Waals surface area contributed by atoms with E-state index in [4.69, 9.17) is 0 Å². The van der Waals surface area contributed by atoms with E-state index in [2.05, 4.69) is 26.6 Å². The number of aromatic nitrogens is 1. The fraction of sp³-hybridized carbons (Fsp3) is 0.484. The molecule has 1 aromatic heterocycles. The van der Waals surface area contributed by atoms with E-state index in [1.165, 1.54) is 16.8 Å². The zero-order valence-corrected chi connectivity index (χ0v) is 24.3. The highest BCUT2D eigenvalue weighted by molar-refractivity contribution is 6.36. The van der Waals surface area contributed by atoms with Gasteiger partial charge < -0.3 is 31.2 Å². The van der Waals surface area contributed by atoms with Crippen molar-refractivity contribution in [2.45, 2.75) is 76.4 Å². The van der Waals surface area contributed by atoms with E-state index in [9.17, 15) is 28.8 Å². The summed E-state index contributed by atoms with van der Waals surface area (Å²) in [5.41, 5.74) is 1.50. The van der Waals surface area contributed by atoms with Gasteiger partial charge in [-0.15, -0.1) is 0 Å². The molecule has 228 valence electrons. The molecule has 6 rings (SSSR count). The number of Topliss-reactive ketones (excluding diaryl/α,β-unsaturated/α-hetero) is 1. The zero-order valence-electron chi connectivity index (χ0n) is 24.3. The van der Waals surface area contributed by atoms with Crippen LogP contribution >= 0.6 is 0 Å². The molecule has 2 heterocycles. The average Bonchev–Trinajstić information content (AvgIpc) is 3.57. The lowest BCUT2D eigenvalue weighted by atomic mass is 9.77. The maximum absolute atomic E-state index is 13.4. The normalized spacial score (nSPS) is 20.4. The molecule has 1 atom stereocenters. The molecule has 12 nitrogen and oxygen atoms in total. The smallest absolute Gasteiger partial charge is 0.287 e. The number of anilines is 2. The van der Waals surface area contributed by atoms with E-state index in [1.54, 1.807) is 25.1 Å². The molecule has 1 aromatic carbocycles. The standard InChI is InChI=1S/C31H38N6O6/c1-2-32-29(42)25(38)10-9-23(34-27(40)21-7-8-22-20(15-21)5-3-13-33-22)28(41)35-24-6-4-14-37(30(24)43)18-26(39)36-31-12-11-19(16-31)17-31/h4,6-8,14-15,19,23,33H,2-3,5,9-13,16-18H2,1H3,(H,32,42)(H,34,40)(H,35,41)(H,36,39). The summed E-state index contributed by atoms with van der Waals surface area (Å²) in [7, 11) is 0. The first kappa shape index (κ1) is 30.0. The molecule has 43 heavy (non-hydrogen) atoms. The quantitative estimate of drug-likeness (QED) is 0.233. The third-order valence-electron chi connectivity index (χ3n) is 8.56. The summed E-state index contributed by atoms with van der Waals surface area (Å²) in [5.74, 6) is -2.32. The Labute approximate surface area is 249 Å². The van der Waals surface area contributed by atoms with Crippen LogP contribution in [0.4, 0.5) is 11.4 Å². The number of likely N-dealkylation sites (N-methyl/N-ethyl adjacent to an activating group) is 1. The lowest BCUT2D eigenvalue weighted by molar-refractivity contribution is -0.138. The Morgan fingerprint density at radius 3 is 2.70 bits per heavy atom. The van der Waals surface area contributed by atoms with E-state index in [0.717, 1.165) is 56.3 Å². The van der Waals surface area contributed by atoms with Crippen molar-refractivity contribution in [1.29, 1.82) is 0 Å². The van der Waals surface area contributed by atoms with Crippen molar-refractivity contribution < 1.29 is 24.0 Å². The first-order valence-corrected chi connectivity index (χ1v) is 15.0. The molecular formula is C31H38N6O6. The predicted octanol–water partition coefficient (Wildman–Crippen LogP) is 1.49. The number of fused-ring (bicyclic) bond motifs is 2. The summed E-state index contributed by atoms with van der Waals surface area (Å²) in [5, 5.41) is 14.0. The molecule has 4 amide bonds. The molecule has 5 N–H and O–H groups in total. The monoisotopic (exact) mass is 590 g/mol. The Balaban J connectivity index is 1.28. The number of nitrogens with zero attached hydrogens (tertiary/aromatic N) is 1. The van der Waals surface area contributed by atoms with Crippen LogP contribution < -0.4 is 32.1 Å². The third kappa shape index (κ3) is 6.95. The van der Waals surface area contributed by atoms with Gasteiger partial charge in [0.15, 0.2) is 0 Å². The van der Waals surface area contributed by atoms with Crippen LogP contribution in [0, 0.1) is 5.92 Å². The largest absolute Gasteiger partial charge is 0.385 e.